The molecule has 0 aliphatic heterocycles. The predicted molar refractivity (Wildman–Crippen MR) is 49.7 cm³/mol. The predicted octanol–water partition coefficient (Wildman–Crippen LogP) is 1.52. The molecule has 0 saturated carbocycles. The van der Waals surface area contributed by atoms with Gasteiger partial charge >= 0.3 is 0 Å². The van der Waals surface area contributed by atoms with E-state index in [0.717, 1.165) is 11.1 Å². The molecule has 1 N–H and O–H groups in total. The van der Waals surface area contributed by atoms with Gasteiger partial charge in [-0.25, -0.2) is 0 Å². The summed E-state index contributed by atoms with van der Waals surface area (Å²) in [6.45, 7) is 2.64. The smallest absolute Gasteiger partial charge is 0.0991 e. The molecule has 0 aromatic heterocycles. The van der Waals surface area contributed by atoms with Gasteiger partial charge in [0.05, 0.1) is 18.7 Å². The van der Waals surface area contributed by atoms with Crippen LogP contribution < -0.4 is 5.48 Å². The minimum atomic E-state index is 0.661. The van der Waals surface area contributed by atoms with Gasteiger partial charge in [-0.3, -0.25) is 0 Å². The number of nitrogens with one attached hydrogen (secondary N) is 1. The Morgan fingerprint density at radius 3 is 2.85 bits per heavy atom. The third kappa shape index (κ3) is 2.55. The van der Waals surface area contributed by atoms with Crippen LogP contribution in [-0.4, -0.2) is 7.11 Å². The standard InChI is InChI=1S/C10H12N2O/c1-8-5-9(6-11)3-4-10(8)7-12-13-2/h3-5,12H,7H2,1-2H3. The Bertz CT molecular complexity index is 328. The first-order valence-electron chi connectivity index (χ1n) is 4.03. The number of nitrogens with zero attached hydrogens (tertiary/aromatic N) is 1. The molecule has 0 unspecified atom stereocenters. The lowest BCUT2D eigenvalue weighted by Crippen LogP contribution is -2.11. The molecule has 13 heavy (non-hydrogen) atoms. The molecule has 0 bridgehead atoms. The summed E-state index contributed by atoms with van der Waals surface area (Å²) < 4.78 is 0. The molecule has 0 amide bonds. The van der Waals surface area contributed by atoms with E-state index in [4.69, 9.17) is 10.1 Å². The van der Waals surface area contributed by atoms with Crippen molar-refractivity contribution in [3.8, 4) is 6.07 Å². The Labute approximate surface area is 77.9 Å². The first-order valence-corrected chi connectivity index (χ1v) is 4.03. The Balaban J connectivity index is 2.81. The number of aryl methyl sites for hydroxylation is 1. The third-order valence-corrected chi connectivity index (χ3v) is 1.88. The number of hydroxylamine groups is 1. The summed E-state index contributed by atoms with van der Waals surface area (Å²) in [5, 5.41) is 8.64. The van der Waals surface area contributed by atoms with Gasteiger partial charge in [0, 0.05) is 6.54 Å². The van der Waals surface area contributed by atoms with Crippen molar-refractivity contribution in [2.45, 2.75) is 13.5 Å². The summed E-state index contributed by atoms with van der Waals surface area (Å²) in [6, 6.07) is 7.70. The van der Waals surface area contributed by atoms with E-state index in [9.17, 15) is 0 Å². The zero-order valence-electron chi connectivity index (χ0n) is 7.79. The summed E-state index contributed by atoms with van der Waals surface area (Å²) in [5.74, 6) is 0. The number of nitriles is 1. The first-order chi connectivity index (χ1) is 6.27. The SMILES string of the molecule is CONCc1ccc(C#N)cc1C. The molecule has 0 radical (unpaired) electrons. The molecular weight excluding hydrogens is 164 g/mol. The van der Waals surface area contributed by atoms with E-state index in [0.29, 0.717) is 12.1 Å². The summed E-state index contributed by atoms with van der Waals surface area (Å²) in [5.41, 5.74) is 5.69. The van der Waals surface area contributed by atoms with E-state index in [2.05, 4.69) is 11.5 Å². The monoisotopic (exact) mass is 176 g/mol. The van der Waals surface area contributed by atoms with Crippen LogP contribution in [0.3, 0.4) is 0 Å². The molecule has 0 heterocycles. The van der Waals surface area contributed by atoms with Crippen molar-refractivity contribution in [2.75, 3.05) is 7.11 Å². The van der Waals surface area contributed by atoms with Crippen molar-refractivity contribution in [1.29, 1.82) is 5.26 Å². The molecule has 0 saturated heterocycles. The van der Waals surface area contributed by atoms with Gasteiger partial charge in [-0.05, 0) is 30.2 Å². The van der Waals surface area contributed by atoms with Crippen LogP contribution in [-0.2, 0) is 11.4 Å². The van der Waals surface area contributed by atoms with Gasteiger partial charge in [0.1, 0.15) is 0 Å². The van der Waals surface area contributed by atoms with Gasteiger partial charge in [-0.15, -0.1) is 0 Å². The van der Waals surface area contributed by atoms with Crippen LogP contribution in [0, 0.1) is 18.3 Å². The van der Waals surface area contributed by atoms with Gasteiger partial charge in [-0.2, -0.15) is 10.7 Å². The van der Waals surface area contributed by atoms with Gasteiger partial charge in [0.25, 0.3) is 0 Å². The summed E-state index contributed by atoms with van der Waals surface area (Å²) in [7, 11) is 1.58. The molecule has 1 rings (SSSR count). The average Bonchev–Trinajstić information content (AvgIpc) is 2.16. The molecule has 0 atom stereocenters. The van der Waals surface area contributed by atoms with Crippen LogP contribution in [0.5, 0.6) is 0 Å². The van der Waals surface area contributed by atoms with Crippen LogP contribution >= 0.6 is 0 Å². The van der Waals surface area contributed by atoms with Crippen molar-refractivity contribution < 1.29 is 4.84 Å². The largest absolute Gasteiger partial charge is 0.305 e. The molecule has 3 nitrogen and oxygen atoms in total. The second-order valence-corrected chi connectivity index (χ2v) is 2.78. The number of hydrogen-bond acceptors (Lipinski definition) is 3. The third-order valence-electron chi connectivity index (χ3n) is 1.88. The maximum Gasteiger partial charge on any atom is 0.0991 e. The van der Waals surface area contributed by atoms with Crippen LogP contribution in [0.15, 0.2) is 18.2 Å². The highest BCUT2D eigenvalue weighted by Crippen LogP contribution is 2.09. The lowest BCUT2D eigenvalue weighted by atomic mass is 10.1. The normalized spacial score (nSPS) is 9.62. The second kappa shape index (κ2) is 4.61. The van der Waals surface area contributed by atoms with Gasteiger partial charge in [0.15, 0.2) is 0 Å². The minimum Gasteiger partial charge on any atom is -0.305 e. The van der Waals surface area contributed by atoms with Crippen molar-refractivity contribution in [1.82, 2.24) is 5.48 Å². The quantitative estimate of drug-likeness (QED) is 0.710. The average molecular weight is 176 g/mol. The highest BCUT2D eigenvalue weighted by Gasteiger charge is 1.98. The van der Waals surface area contributed by atoms with Crippen LogP contribution in [0.4, 0.5) is 0 Å². The lowest BCUT2D eigenvalue weighted by molar-refractivity contribution is 0.0866. The van der Waals surface area contributed by atoms with Gasteiger partial charge in [0.2, 0.25) is 0 Å². The molecule has 1 aromatic carbocycles. The minimum absolute atomic E-state index is 0.661. The topological polar surface area (TPSA) is 45.0 Å². The summed E-state index contributed by atoms with van der Waals surface area (Å²) >= 11 is 0. The second-order valence-electron chi connectivity index (χ2n) is 2.78. The fourth-order valence-corrected chi connectivity index (χ4v) is 1.11. The van der Waals surface area contributed by atoms with Crippen molar-refractivity contribution in [3.05, 3.63) is 34.9 Å². The number of hydrogen-bond donors (Lipinski definition) is 1. The highest BCUT2D eigenvalue weighted by molar-refractivity contribution is 5.37. The Morgan fingerprint density at radius 2 is 2.31 bits per heavy atom. The maximum absolute atomic E-state index is 8.64. The fourth-order valence-electron chi connectivity index (χ4n) is 1.11. The first kappa shape index (κ1) is 9.72. The fraction of sp³-hybridized carbons (Fsp3) is 0.300. The van der Waals surface area contributed by atoms with Gasteiger partial charge in [-0.1, -0.05) is 6.07 Å². The Hall–Kier alpha value is -1.37. The zero-order valence-corrected chi connectivity index (χ0v) is 7.79. The highest BCUT2D eigenvalue weighted by atomic mass is 16.6. The van der Waals surface area contributed by atoms with Crippen molar-refractivity contribution in [3.63, 3.8) is 0 Å². The molecule has 0 aliphatic rings. The Morgan fingerprint density at radius 1 is 1.54 bits per heavy atom. The van der Waals surface area contributed by atoms with Crippen molar-refractivity contribution in [2.24, 2.45) is 0 Å². The van der Waals surface area contributed by atoms with Gasteiger partial charge < -0.3 is 4.84 Å². The van der Waals surface area contributed by atoms with Crippen molar-refractivity contribution >= 4 is 0 Å². The van der Waals surface area contributed by atoms with E-state index in [1.54, 1.807) is 13.2 Å². The van der Waals surface area contributed by atoms with E-state index < -0.39 is 0 Å². The van der Waals surface area contributed by atoms with E-state index in [1.165, 1.54) is 0 Å². The Kier molecular flexibility index (Phi) is 3.44. The lowest BCUT2D eigenvalue weighted by Gasteiger charge is -2.05. The van der Waals surface area contributed by atoms with Crippen LogP contribution in [0.1, 0.15) is 16.7 Å². The molecular formula is C10H12N2O. The number of benzene rings is 1. The molecule has 0 aliphatic carbocycles. The van der Waals surface area contributed by atoms with E-state index in [1.807, 2.05) is 19.1 Å². The van der Waals surface area contributed by atoms with Crippen LogP contribution in [0.2, 0.25) is 0 Å². The molecule has 0 fully saturated rings. The van der Waals surface area contributed by atoms with E-state index in [-0.39, 0.29) is 0 Å². The molecule has 3 heteroatoms. The zero-order chi connectivity index (χ0) is 9.68. The van der Waals surface area contributed by atoms with Crippen LogP contribution in [0.25, 0.3) is 0 Å². The van der Waals surface area contributed by atoms with E-state index >= 15 is 0 Å². The molecule has 1 aromatic rings. The molecule has 0 spiro atoms. The molecule has 68 valence electrons. The summed E-state index contributed by atoms with van der Waals surface area (Å²) in [4.78, 5) is 4.74. The maximum atomic E-state index is 8.64. The number of rotatable bonds is 3. The summed E-state index contributed by atoms with van der Waals surface area (Å²) in [6.07, 6.45) is 0.